The van der Waals surface area contributed by atoms with Crippen molar-refractivity contribution in [1.29, 1.82) is 0 Å². The summed E-state index contributed by atoms with van der Waals surface area (Å²) in [4.78, 5) is 4.98. The van der Waals surface area contributed by atoms with Crippen LogP contribution in [0.4, 0.5) is 5.69 Å². The lowest BCUT2D eigenvalue weighted by Gasteiger charge is -2.17. The molecule has 1 N–H and O–H groups in total. The third-order valence-electron chi connectivity index (χ3n) is 6.74. The second kappa shape index (κ2) is 12.4. The van der Waals surface area contributed by atoms with Gasteiger partial charge >= 0.3 is 0 Å². The molecule has 0 saturated heterocycles. The molecule has 0 saturated carbocycles. The van der Waals surface area contributed by atoms with Gasteiger partial charge in [0.15, 0.2) is 0 Å². The van der Waals surface area contributed by atoms with Crippen LogP contribution in [0.2, 0.25) is 0 Å². The largest absolute Gasteiger partial charge is 0.311 e. The second-order valence-corrected chi connectivity index (χ2v) is 9.11. The minimum absolute atomic E-state index is 0.181. The molecule has 3 nitrogen and oxygen atoms in total. The molecule has 178 valence electrons. The third-order valence-corrected chi connectivity index (χ3v) is 6.74. The highest BCUT2D eigenvalue weighted by Crippen LogP contribution is 2.32. The summed E-state index contributed by atoms with van der Waals surface area (Å²) >= 11 is 0. The zero-order valence-electron chi connectivity index (χ0n) is 21.3. The van der Waals surface area contributed by atoms with Crippen LogP contribution in [0, 0.1) is 5.92 Å². The second-order valence-electron chi connectivity index (χ2n) is 9.11. The number of nitrogens with one attached hydrogen (secondary N) is 1. The molecule has 2 aromatic rings. The molecule has 1 heterocycles. The maximum absolute atomic E-state index is 4.98. The first-order valence-corrected chi connectivity index (χ1v) is 12.4. The van der Waals surface area contributed by atoms with Crippen molar-refractivity contribution < 1.29 is 0 Å². The molecule has 0 amide bonds. The van der Waals surface area contributed by atoms with E-state index in [0.717, 1.165) is 37.1 Å². The average Bonchev–Trinajstić information content (AvgIpc) is 3.24. The number of rotatable bonds is 11. The van der Waals surface area contributed by atoms with Crippen molar-refractivity contribution in [3.05, 3.63) is 90.3 Å². The van der Waals surface area contributed by atoms with Crippen molar-refractivity contribution in [2.24, 2.45) is 10.9 Å². The first-order chi connectivity index (χ1) is 16.4. The summed E-state index contributed by atoms with van der Waals surface area (Å²) in [5.41, 5.74) is 15.8. The molecule has 3 heteroatoms. The molecule has 1 unspecified atom stereocenters. The van der Waals surface area contributed by atoms with Crippen LogP contribution >= 0.6 is 0 Å². The number of unbranched alkanes of at least 4 members (excludes halogenated alkanes) is 3. The molecule has 1 atom stereocenters. The van der Waals surface area contributed by atoms with Crippen molar-refractivity contribution in [2.75, 3.05) is 12.1 Å². The number of hydrogen-bond acceptors (Lipinski definition) is 3. The topological polar surface area (TPSA) is 27.6 Å². The van der Waals surface area contributed by atoms with E-state index in [1.54, 1.807) is 0 Å². The minimum atomic E-state index is 0.181. The zero-order chi connectivity index (χ0) is 24.5. The predicted octanol–water partition coefficient (Wildman–Crippen LogP) is 8.11. The van der Waals surface area contributed by atoms with Gasteiger partial charge in [-0.15, -0.1) is 5.73 Å². The van der Waals surface area contributed by atoms with Crippen LogP contribution in [0.5, 0.6) is 0 Å². The average molecular weight is 454 g/mol. The Kier molecular flexibility index (Phi) is 9.27. The lowest BCUT2D eigenvalue weighted by Crippen LogP contribution is -2.26. The van der Waals surface area contributed by atoms with Gasteiger partial charge in [0, 0.05) is 30.9 Å². The number of allylic oxidation sites excluding steroid dienone is 4. The lowest BCUT2D eigenvalue weighted by molar-refractivity contribution is 0.680. The summed E-state index contributed by atoms with van der Waals surface area (Å²) in [7, 11) is 2.06. The van der Waals surface area contributed by atoms with Crippen LogP contribution in [0.15, 0.2) is 84.2 Å². The van der Waals surface area contributed by atoms with Gasteiger partial charge in [0.05, 0.1) is 5.69 Å². The highest BCUT2D eigenvalue weighted by molar-refractivity contribution is 5.95. The van der Waals surface area contributed by atoms with Crippen LogP contribution in [0.3, 0.4) is 0 Å². The molecule has 1 aliphatic rings. The van der Waals surface area contributed by atoms with Gasteiger partial charge in [-0.1, -0.05) is 56.8 Å². The highest BCUT2D eigenvalue weighted by Gasteiger charge is 2.17. The minimum Gasteiger partial charge on any atom is -0.311 e. The van der Waals surface area contributed by atoms with Crippen molar-refractivity contribution in [2.45, 2.75) is 59.4 Å². The summed E-state index contributed by atoms with van der Waals surface area (Å²) in [6, 6.07) is 15.4. The standard InChI is InChI=1S/C31H39N3/c1-7-9-10-11-12-13-17-30(8-2)33-25(5)23(3)24(4)26-15-14-16-27(20-26)28-18-19-31-29(21-28)22-32-34(31)6/h8-9,14-16,18-21,23,32H,1,4,10-13,17,22H2,2-3,5-6H3/b30-8-,33-25?. The van der Waals surface area contributed by atoms with Crippen molar-refractivity contribution >= 4 is 17.0 Å². The van der Waals surface area contributed by atoms with Gasteiger partial charge in [-0.25, -0.2) is 5.43 Å². The Hall–Kier alpha value is -3.13. The first-order valence-electron chi connectivity index (χ1n) is 12.4. The van der Waals surface area contributed by atoms with E-state index in [1.165, 1.54) is 46.5 Å². The summed E-state index contributed by atoms with van der Waals surface area (Å²) < 4.78 is 0. The number of hydrogen-bond donors (Lipinski definition) is 1. The normalized spacial score (nSPS) is 14.5. The Morgan fingerprint density at radius 3 is 2.74 bits per heavy atom. The van der Waals surface area contributed by atoms with E-state index >= 15 is 0 Å². The van der Waals surface area contributed by atoms with Crippen LogP contribution in [0.25, 0.3) is 16.7 Å². The van der Waals surface area contributed by atoms with Crippen LogP contribution in [0.1, 0.15) is 64.0 Å². The molecule has 3 rings (SSSR count). The van der Waals surface area contributed by atoms with Gasteiger partial charge in [0.1, 0.15) is 0 Å². The van der Waals surface area contributed by atoms with E-state index in [0.29, 0.717) is 0 Å². The van der Waals surface area contributed by atoms with Gasteiger partial charge in [-0.2, -0.15) is 0 Å². The van der Waals surface area contributed by atoms with E-state index in [4.69, 9.17) is 4.99 Å². The predicted molar refractivity (Wildman–Crippen MR) is 149 cm³/mol. The summed E-state index contributed by atoms with van der Waals surface area (Å²) in [6.07, 6.45) is 9.78. The van der Waals surface area contributed by atoms with Gasteiger partial charge in [-0.3, -0.25) is 4.99 Å². The highest BCUT2D eigenvalue weighted by atomic mass is 15.5. The summed E-state index contributed by atoms with van der Waals surface area (Å²) in [5, 5.41) is 2.08. The maximum atomic E-state index is 4.98. The monoisotopic (exact) mass is 453 g/mol. The zero-order valence-corrected chi connectivity index (χ0v) is 21.3. The maximum Gasteiger partial charge on any atom is 0.0562 e. The number of benzene rings is 2. The van der Waals surface area contributed by atoms with Gasteiger partial charge in [-0.05, 0) is 91.6 Å². The summed E-state index contributed by atoms with van der Waals surface area (Å²) in [5.74, 6) is 0.181. The number of hydrazine groups is 1. The van der Waals surface area contributed by atoms with Crippen LogP contribution in [-0.2, 0) is 6.54 Å². The SMILES string of the molecule is C=C=CCCCCC/C(=C/C)N=C(C)C(C)C(=C)c1cccc(-c2ccc3c(c2)CNN3C)c1. The Balaban J connectivity index is 1.67. The van der Waals surface area contributed by atoms with Gasteiger partial charge in [0.25, 0.3) is 0 Å². The molecule has 0 aromatic heterocycles. The first kappa shape index (κ1) is 25.5. The number of anilines is 1. The quantitative estimate of drug-likeness (QED) is 0.211. The lowest BCUT2D eigenvalue weighted by atomic mass is 9.90. The molecule has 2 aromatic carbocycles. The number of aliphatic imine (C=N–C) groups is 1. The van der Waals surface area contributed by atoms with Crippen LogP contribution < -0.4 is 10.4 Å². The smallest absolute Gasteiger partial charge is 0.0562 e. The molecular formula is C31H39N3. The molecule has 34 heavy (non-hydrogen) atoms. The molecular weight excluding hydrogens is 414 g/mol. The van der Waals surface area contributed by atoms with E-state index in [9.17, 15) is 0 Å². The van der Waals surface area contributed by atoms with Crippen LogP contribution in [-0.4, -0.2) is 12.8 Å². The number of fused-ring (bicyclic) bond motifs is 1. The van der Waals surface area contributed by atoms with Gasteiger partial charge in [0.2, 0.25) is 0 Å². The Morgan fingerprint density at radius 2 is 1.97 bits per heavy atom. The fourth-order valence-corrected chi connectivity index (χ4v) is 4.34. The van der Waals surface area contributed by atoms with Crippen molar-refractivity contribution in [3.8, 4) is 11.1 Å². The third kappa shape index (κ3) is 6.47. The molecule has 1 aliphatic heterocycles. The van der Waals surface area contributed by atoms with E-state index in [-0.39, 0.29) is 5.92 Å². The summed E-state index contributed by atoms with van der Waals surface area (Å²) in [6.45, 7) is 15.4. The molecule has 0 fully saturated rings. The Labute approximate surface area is 206 Å². The Bertz CT molecular complexity index is 1120. The van der Waals surface area contributed by atoms with E-state index in [2.05, 4.69) is 106 Å². The van der Waals surface area contributed by atoms with Crippen molar-refractivity contribution in [1.82, 2.24) is 5.43 Å². The Morgan fingerprint density at radius 1 is 1.18 bits per heavy atom. The number of nitrogens with zero attached hydrogens (tertiary/aromatic N) is 2. The van der Waals surface area contributed by atoms with E-state index < -0.39 is 0 Å². The molecule has 0 bridgehead atoms. The fraction of sp³-hybridized carbons (Fsp3) is 0.355. The fourth-order valence-electron chi connectivity index (χ4n) is 4.34. The van der Waals surface area contributed by atoms with Gasteiger partial charge < -0.3 is 5.01 Å². The molecule has 0 spiro atoms. The van der Waals surface area contributed by atoms with E-state index in [1.807, 2.05) is 6.08 Å². The van der Waals surface area contributed by atoms with Crippen molar-refractivity contribution in [3.63, 3.8) is 0 Å². The molecule has 0 radical (unpaired) electrons. The molecule has 0 aliphatic carbocycles.